The number of sulfonamides is 1. The summed E-state index contributed by atoms with van der Waals surface area (Å²) in [5, 5.41) is 9.64. The second kappa shape index (κ2) is 7.09. The molecule has 26 heavy (non-hydrogen) atoms. The third-order valence-corrected chi connectivity index (χ3v) is 6.17. The van der Waals surface area contributed by atoms with Gasteiger partial charge in [0.05, 0.1) is 16.9 Å². The lowest BCUT2D eigenvalue weighted by Crippen LogP contribution is -2.12. The van der Waals surface area contributed by atoms with Crippen molar-refractivity contribution in [1.29, 1.82) is 0 Å². The van der Waals surface area contributed by atoms with Crippen molar-refractivity contribution in [3.05, 3.63) is 59.8 Å². The molecule has 10 heteroatoms. The molecule has 0 saturated carbocycles. The van der Waals surface area contributed by atoms with E-state index in [1.807, 2.05) is 42.5 Å². The Kier molecular flexibility index (Phi) is 5.18. The Labute approximate surface area is 169 Å². The zero-order chi connectivity index (χ0) is 17.6. The maximum atomic E-state index is 11.4. The lowest BCUT2D eigenvalue weighted by molar-refractivity contribution is 0.595. The summed E-state index contributed by atoms with van der Waals surface area (Å²) in [4.78, 5) is 4.91. The molecule has 0 radical (unpaired) electrons. The van der Waals surface area contributed by atoms with Crippen LogP contribution in [0.1, 0.15) is 0 Å². The van der Waals surface area contributed by atoms with E-state index in [1.54, 1.807) is 12.3 Å². The zero-order valence-electron chi connectivity index (χ0n) is 13.0. The Hall–Kier alpha value is -1.78. The highest BCUT2D eigenvalue weighted by Crippen LogP contribution is 2.37. The summed E-state index contributed by atoms with van der Waals surface area (Å²) < 4.78 is 24.0. The highest BCUT2D eigenvalue weighted by Gasteiger charge is 2.19. The minimum Gasteiger partial charge on any atom is -0.223 e. The molecule has 2 aromatic carbocycles. The second-order valence-corrected chi connectivity index (χ2v) is 8.39. The fourth-order valence-corrected chi connectivity index (χ4v) is 4.34. The van der Waals surface area contributed by atoms with E-state index in [1.165, 1.54) is 4.52 Å². The minimum absolute atomic E-state index is 0. The lowest BCUT2D eigenvalue weighted by atomic mass is 9.98. The molecule has 0 amide bonds. The Morgan fingerprint density at radius 2 is 1.81 bits per heavy atom. The average molecular weight is 472 g/mol. The zero-order valence-corrected chi connectivity index (χ0v) is 17.1. The number of rotatable bonds is 3. The number of hydrogen-bond donors (Lipinski definition) is 1. The van der Waals surface area contributed by atoms with Crippen LogP contribution in [0, 0.1) is 0 Å². The third-order valence-electron chi connectivity index (χ3n) is 3.62. The van der Waals surface area contributed by atoms with Gasteiger partial charge in [-0.25, -0.2) is 23.1 Å². The smallest absolute Gasteiger partial charge is 0.223 e. The number of nitrogens with zero attached hydrogens (tertiary/aromatic N) is 3. The van der Waals surface area contributed by atoms with Gasteiger partial charge in [-0.05, 0) is 17.2 Å². The number of imidazole rings is 1. The predicted octanol–water partition coefficient (Wildman–Crippen LogP) is 4.00. The van der Waals surface area contributed by atoms with E-state index in [0.717, 1.165) is 28.0 Å². The van der Waals surface area contributed by atoms with Crippen LogP contribution in [0.2, 0.25) is 5.02 Å². The van der Waals surface area contributed by atoms with Crippen molar-refractivity contribution in [2.24, 2.45) is 5.14 Å². The molecule has 0 fully saturated rings. The Balaban J connectivity index is 0.00000196. The Morgan fingerprint density at radius 1 is 1.08 bits per heavy atom. The van der Waals surface area contributed by atoms with Crippen molar-refractivity contribution in [2.75, 3.05) is 0 Å². The summed E-state index contributed by atoms with van der Waals surface area (Å²) in [7, 11) is -3.85. The highest BCUT2D eigenvalue weighted by atomic mass is 79.9. The molecule has 0 aliphatic carbocycles. The number of aromatic nitrogens is 3. The van der Waals surface area contributed by atoms with Gasteiger partial charge in [-0.3, -0.25) is 0 Å². The van der Waals surface area contributed by atoms with E-state index in [2.05, 4.69) is 10.1 Å². The van der Waals surface area contributed by atoms with E-state index >= 15 is 0 Å². The second-order valence-electron chi connectivity index (χ2n) is 5.29. The molecule has 0 aliphatic rings. The van der Waals surface area contributed by atoms with Crippen LogP contribution in [0.15, 0.2) is 59.1 Å². The van der Waals surface area contributed by atoms with Crippen LogP contribution >= 0.6 is 39.9 Å². The van der Waals surface area contributed by atoms with Gasteiger partial charge in [0.1, 0.15) is 0 Å². The molecule has 2 aromatic heterocycles. The molecule has 2 N–H and O–H groups in total. The predicted molar refractivity (Wildman–Crippen MR) is 108 cm³/mol. The molecule has 0 aliphatic heterocycles. The third kappa shape index (κ3) is 3.40. The first-order valence-corrected chi connectivity index (χ1v) is 9.91. The van der Waals surface area contributed by atoms with E-state index in [0.29, 0.717) is 15.7 Å². The molecule has 4 rings (SSSR count). The summed E-state index contributed by atoms with van der Waals surface area (Å²) in [5.74, 6) is 0. The van der Waals surface area contributed by atoms with Gasteiger partial charge >= 0.3 is 0 Å². The van der Waals surface area contributed by atoms with Crippen molar-refractivity contribution in [2.45, 2.75) is 4.34 Å². The fourth-order valence-electron chi connectivity index (χ4n) is 2.56. The first-order valence-electron chi connectivity index (χ1n) is 7.17. The standard InChI is InChI=1S/C16H11ClN4O2S2.BrH/c17-12-8-4-7-11(10-5-2-1-3-6-10)14(12)13-9-21-15(19-13)24-16(20-21)25(18,22)23;/h1-9H,(H2,18,22,23);1H. The van der Waals surface area contributed by atoms with Gasteiger partial charge in [0.25, 0.3) is 10.0 Å². The highest BCUT2D eigenvalue weighted by molar-refractivity contribution is 8.93. The maximum Gasteiger partial charge on any atom is 0.267 e. The topological polar surface area (TPSA) is 90.4 Å². The summed E-state index contributed by atoms with van der Waals surface area (Å²) >= 11 is 7.34. The largest absolute Gasteiger partial charge is 0.267 e. The molecule has 6 nitrogen and oxygen atoms in total. The van der Waals surface area contributed by atoms with Crippen LogP contribution in [0.25, 0.3) is 27.3 Å². The monoisotopic (exact) mass is 470 g/mol. The van der Waals surface area contributed by atoms with Crippen molar-refractivity contribution in [3.63, 3.8) is 0 Å². The maximum absolute atomic E-state index is 11.4. The van der Waals surface area contributed by atoms with Crippen LogP contribution < -0.4 is 5.14 Å². The number of primary sulfonamides is 1. The van der Waals surface area contributed by atoms with E-state index in [-0.39, 0.29) is 21.3 Å². The number of nitrogens with two attached hydrogens (primary N) is 1. The molecule has 2 heterocycles. The minimum atomic E-state index is -3.85. The van der Waals surface area contributed by atoms with E-state index < -0.39 is 10.0 Å². The SMILES string of the molecule is Br.NS(=O)(=O)c1nn2cc(-c3c(Cl)cccc3-c3ccccc3)nc2s1. The van der Waals surface area contributed by atoms with E-state index in [9.17, 15) is 8.42 Å². The van der Waals surface area contributed by atoms with Crippen molar-refractivity contribution >= 4 is 54.9 Å². The van der Waals surface area contributed by atoms with Crippen molar-refractivity contribution in [1.82, 2.24) is 14.6 Å². The normalized spacial score (nSPS) is 11.5. The fraction of sp³-hybridized carbons (Fsp3) is 0. The lowest BCUT2D eigenvalue weighted by Gasteiger charge is -2.09. The van der Waals surface area contributed by atoms with Crippen LogP contribution in [0.5, 0.6) is 0 Å². The molecule has 4 aromatic rings. The molecular formula is C16H12BrClN4O2S2. The van der Waals surface area contributed by atoms with Gasteiger partial charge in [0.15, 0.2) is 0 Å². The Bertz CT molecular complexity index is 1160. The molecule has 0 atom stereocenters. The average Bonchev–Trinajstić information content (AvgIpc) is 3.14. The quantitative estimate of drug-likeness (QED) is 0.489. The summed E-state index contributed by atoms with van der Waals surface area (Å²) in [5.41, 5.74) is 3.33. The van der Waals surface area contributed by atoms with Crippen LogP contribution in [-0.4, -0.2) is 23.0 Å². The number of hydrogen-bond acceptors (Lipinski definition) is 5. The van der Waals surface area contributed by atoms with Gasteiger partial charge in [-0.2, -0.15) is 0 Å². The van der Waals surface area contributed by atoms with Crippen molar-refractivity contribution < 1.29 is 8.42 Å². The number of fused-ring (bicyclic) bond motifs is 1. The molecule has 0 spiro atoms. The van der Waals surface area contributed by atoms with Gasteiger partial charge < -0.3 is 0 Å². The van der Waals surface area contributed by atoms with Crippen LogP contribution in [0.3, 0.4) is 0 Å². The van der Waals surface area contributed by atoms with Gasteiger partial charge in [-0.1, -0.05) is 65.4 Å². The molecule has 0 saturated heterocycles. The summed E-state index contributed by atoms with van der Waals surface area (Å²) in [6, 6.07) is 15.5. The van der Waals surface area contributed by atoms with Gasteiger partial charge in [0, 0.05) is 5.56 Å². The summed E-state index contributed by atoms with van der Waals surface area (Å²) in [6.07, 6.45) is 1.65. The molecular weight excluding hydrogens is 460 g/mol. The van der Waals surface area contributed by atoms with Gasteiger partial charge in [-0.15, -0.1) is 22.1 Å². The van der Waals surface area contributed by atoms with Gasteiger partial charge in [0.2, 0.25) is 9.30 Å². The number of benzene rings is 2. The number of halogens is 2. The molecule has 0 bridgehead atoms. The molecule has 0 unspecified atom stereocenters. The summed E-state index contributed by atoms with van der Waals surface area (Å²) in [6.45, 7) is 0. The van der Waals surface area contributed by atoms with Crippen LogP contribution in [0.4, 0.5) is 0 Å². The first kappa shape index (κ1) is 19.0. The first-order chi connectivity index (χ1) is 11.9. The molecule has 134 valence electrons. The van der Waals surface area contributed by atoms with E-state index in [4.69, 9.17) is 16.7 Å². The van der Waals surface area contributed by atoms with Crippen LogP contribution in [-0.2, 0) is 10.0 Å². The Morgan fingerprint density at radius 3 is 2.46 bits per heavy atom. The van der Waals surface area contributed by atoms with Crippen molar-refractivity contribution in [3.8, 4) is 22.4 Å².